The van der Waals surface area contributed by atoms with Gasteiger partial charge in [0.1, 0.15) is 65.2 Å². The molecule has 4 amide bonds. The van der Waals surface area contributed by atoms with Crippen LogP contribution in [0.2, 0.25) is 0 Å². The number of carbonyl (C=O) groups is 8. The second kappa shape index (κ2) is 48.6. The molecule has 2 unspecified atom stereocenters. The molecule has 120 heavy (non-hydrogen) atoms. The van der Waals surface area contributed by atoms with Gasteiger partial charge in [0.25, 0.3) is 8.53 Å². The lowest BCUT2D eigenvalue weighted by molar-refractivity contribution is -0.270. The molecule has 8 rings (SSSR count). The van der Waals surface area contributed by atoms with Gasteiger partial charge in [-0.25, -0.2) is 14.3 Å². The zero-order chi connectivity index (χ0) is 86.6. The number of amides is 4. The van der Waals surface area contributed by atoms with Crippen molar-refractivity contribution in [2.45, 2.75) is 166 Å². The molecule has 2 aliphatic rings. The zero-order valence-electron chi connectivity index (χ0n) is 69.8. The molecule has 0 saturated carbocycles. The summed E-state index contributed by atoms with van der Waals surface area (Å²) in [7, 11) is 4.42. The molecule has 0 aromatic heterocycles. The van der Waals surface area contributed by atoms with Gasteiger partial charge in [-0.15, -0.1) is 0 Å². The number of rotatable bonds is 47. The fourth-order valence-electron chi connectivity index (χ4n) is 13.8. The standard InChI is InChI=1S/C87H111N6O26P/c1-57(2)93(58(3)4)120(111-47-19-42-88)112-54-74(53-108-84(100)91-50-79(98)90-44-21-46-107-81-49-76(114-60(6)95)83(116-62(8)97)78(119-81)56-110-87(64-24-17-14-18-25-64,67-30-38-71(104-11)39-31-67)68-32-40-72(105-12)41-33-68)118-85(101)92-51-80(99)89-43-20-45-106-52-73-48-75(113-59(5)94)82(115-61(7)96)77(117-73)55-109-86(63-22-15-13-16-23-63,65-26-34-69(102-9)35-27-65)66-28-36-70(103-10)37-29-66/h13-18,22-41,57-58,73-78,81-83H,19-21,43-56H2,1-12H3,(H,89,99)(H,90,98)(H,91,100)(H,92,101)/t73-,74?,75-,76-,77-,78-,81-,82-,83-,120?/m1/s1. The lowest BCUT2D eigenvalue weighted by Crippen LogP contribution is -2.55. The molecule has 32 nitrogen and oxygen atoms in total. The Morgan fingerprint density at radius 1 is 0.483 bits per heavy atom. The van der Waals surface area contributed by atoms with Crippen molar-refractivity contribution in [2.24, 2.45) is 0 Å². The van der Waals surface area contributed by atoms with Crippen LogP contribution in [-0.2, 0) is 106 Å². The Morgan fingerprint density at radius 3 is 1.31 bits per heavy atom. The van der Waals surface area contributed by atoms with Crippen molar-refractivity contribution >= 4 is 56.4 Å². The molecule has 2 saturated heterocycles. The normalized spacial score (nSPS) is 18.3. The topological polar surface area (TPSA) is 378 Å². The lowest BCUT2D eigenvalue weighted by Gasteiger charge is -2.43. The van der Waals surface area contributed by atoms with Crippen molar-refractivity contribution in [3.8, 4) is 29.1 Å². The summed E-state index contributed by atoms with van der Waals surface area (Å²) < 4.78 is 110. The molecule has 0 aliphatic carbocycles. The van der Waals surface area contributed by atoms with Crippen LogP contribution in [0.4, 0.5) is 9.59 Å². The molecule has 33 heteroatoms. The Balaban J connectivity index is 0.832. The van der Waals surface area contributed by atoms with Crippen LogP contribution in [0.15, 0.2) is 158 Å². The van der Waals surface area contributed by atoms with Gasteiger partial charge in [-0.05, 0) is 122 Å². The third-order valence-corrected chi connectivity index (χ3v) is 21.2. The van der Waals surface area contributed by atoms with E-state index in [1.165, 1.54) is 27.7 Å². The number of nitrogens with zero attached hydrogens (tertiary/aromatic N) is 2. The van der Waals surface area contributed by atoms with Gasteiger partial charge in [-0.1, -0.05) is 109 Å². The van der Waals surface area contributed by atoms with Crippen LogP contribution in [-0.4, -0.2) is 227 Å². The van der Waals surface area contributed by atoms with Crippen LogP contribution < -0.4 is 40.2 Å². The number of ether oxygens (including phenoxy) is 16. The number of nitrogens with one attached hydrogen (secondary N) is 4. The van der Waals surface area contributed by atoms with Gasteiger partial charge in [0.05, 0.1) is 99.8 Å². The van der Waals surface area contributed by atoms with Crippen molar-refractivity contribution in [1.29, 1.82) is 5.26 Å². The van der Waals surface area contributed by atoms with E-state index in [0.29, 0.717) is 29.4 Å². The van der Waals surface area contributed by atoms with E-state index in [1.54, 1.807) is 28.4 Å². The highest BCUT2D eigenvalue weighted by Crippen LogP contribution is 2.48. The van der Waals surface area contributed by atoms with Gasteiger partial charge in [0.15, 0.2) is 24.6 Å². The highest BCUT2D eigenvalue weighted by Gasteiger charge is 2.49. The first-order valence-corrected chi connectivity index (χ1v) is 40.7. The van der Waals surface area contributed by atoms with E-state index in [9.17, 15) is 43.6 Å². The van der Waals surface area contributed by atoms with Crippen LogP contribution in [0.1, 0.15) is 121 Å². The molecule has 2 aliphatic heterocycles. The van der Waals surface area contributed by atoms with Crippen molar-refractivity contribution in [2.75, 3.05) is 107 Å². The summed E-state index contributed by atoms with van der Waals surface area (Å²) in [5.41, 5.74) is 1.81. The SMILES string of the molecule is COc1ccc(C(OC[C@H]2O[C@@H](COCCCNC(=O)CNC(=O)OC(COC(=O)NCC(=O)NCCCO[C@H]3C[C@@H](OC(C)=O)[C@@H](OC(C)=O)[C@@H](COC(c4ccccc4)(c4ccc(OC)cc4)c4ccc(OC)cc4)O3)COP(OCCC#N)N(C(C)C)C(C)C)C[C@@H](OC(C)=O)[C@H]2OC(C)=O)(c2ccccc2)c2ccc(OC)cc2)cc1. The maximum atomic E-state index is 13.5. The zero-order valence-corrected chi connectivity index (χ0v) is 70.7. The summed E-state index contributed by atoms with van der Waals surface area (Å²) in [5, 5.41) is 19.5. The average Bonchev–Trinajstić information content (AvgIpc) is 0.754. The van der Waals surface area contributed by atoms with Crippen molar-refractivity contribution in [3.63, 3.8) is 0 Å². The fourth-order valence-corrected chi connectivity index (χ4v) is 15.5. The number of hydrogen-bond acceptors (Lipinski definition) is 28. The lowest BCUT2D eigenvalue weighted by atomic mass is 9.80. The van der Waals surface area contributed by atoms with Gasteiger partial charge in [-0.2, -0.15) is 5.26 Å². The predicted molar refractivity (Wildman–Crippen MR) is 436 cm³/mol. The Hall–Kier alpha value is -10.6. The summed E-state index contributed by atoms with van der Waals surface area (Å²) in [6.45, 7) is 10.6. The Bertz CT molecular complexity index is 4120. The second-order valence-corrected chi connectivity index (χ2v) is 29.9. The van der Waals surface area contributed by atoms with Crippen LogP contribution in [0, 0.1) is 11.3 Å². The van der Waals surface area contributed by atoms with Crippen molar-refractivity contribution in [3.05, 3.63) is 191 Å². The third kappa shape index (κ3) is 28.3. The monoisotopic (exact) mass is 1690 g/mol. The largest absolute Gasteiger partial charge is 0.497 e. The average molecular weight is 1690 g/mol. The first-order valence-electron chi connectivity index (χ1n) is 39.6. The fraction of sp³-hybridized carbons (Fsp3) is 0.483. The third-order valence-electron chi connectivity index (χ3n) is 19.1. The van der Waals surface area contributed by atoms with Gasteiger partial charge < -0.3 is 106 Å². The summed E-state index contributed by atoms with van der Waals surface area (Å²) in [4.78, 5) is 104. The van der Waals surface area contributed by atoms with E-state index in [2.05, 4.69) is 21.3 Å². The highest BCUT2D eigenvalue weighted by molar-refractivity contribution is 7.44. The number of methoxy groups -OCH3 is 4. The first kappa shape index (κ1) is 94.9. The maximum absolute atomic E-state index is 13.5. The summed E-state index contributed by atoms with van der Waals surface area (Å²) >= 11 is 0. The number of hydrogen-bond donors (Lipinski definition) is 4. The predicted octanol–water partition coefficient (Wildman–Crippen LogP) is 10.2. The van der Waals surface area contributed by atoms with E-state index in [-0.39, 0.29) is 97.1 Å². The van der Waals surface area contributed by atoms with E-state index >= 15 is 0 Å². The molecule has 4 N–H and O–H groups in total. The van der Waals surface area contributed by atoms with Crippen LogP contribution >= 0.6 is 8.53 Å². The second-order valence-electron chi connectivity index (χ2n) is 28.5. The molecule has 10 atom stereocenters. The Labute approximate surface area is 701 Å². The summed E-state index contributed by atoms with van der Waals surface area (Å²) in [6, 6.07) is 50.6. The van der Waals surface area contributed by atoms with Gasteiger partial charge in [-0.3, -0.25) is 28.8 Å². The number of esters is 4. The molecule has 650 valence electrons. The van der Waals surface area contributed by atoms with E-state index in [1.807, 2.05) is 196 Å². The van der Waals surface area contributed by atoms with Gasteiger partial charge in [0, 0.05) is 72.3 Å². The van der Waals surface area contributed by atoms with Gasteiger partial charge >= 0.3 is 36.1 Å². The molecule has 0 spiro atoms. The maximum Gasteiger partial charge on any atom is 0.408 e. The molecular formula is C87H111N6O26P. The van der Waals surface area contributed by atoms with Crippen molar-refractivity contribution in [1.82, 2.24) is 25.9 Å². The quantitative estimate of drug-likeness (QED) is 0.00906. The molecule has 2 fully saturated rings. The van der Waals surface area contributed by atoms with Gasteiger partial charge in [0.2, 0.25) is 11.8 Å². The molecule has 6 aromatic carbocycles. The minimum atomic E-state index is -1.87. The number of nitriles is 1. The minimum Gasteiger partial charge on any atom is -0.497 e. The smallest absolute Gasteiger partial charge is 0.408 e. The minimum absolute atomic E-state index is 0.00203. The van der Waals surface area contributed by atoms with E-state index < -0.39 is 142 Å². The summed E-state index contributed by atoms with van der Waals surface area (Å²) in [5.74, 6) is -1.25. The molecule has 0 bridgehead atoms. The number of alkyl carbamates (subject to hydrolysis) is 2. The van der Waals surface area contributed by atoms with Crippen LogP contribution in [0.5, 0.6) is 23.0 Å². The highest BCUT2D eigenvalue weighted by atomic mass is 31.2. The summed E-state index contributed by atoms with van der Waals surface area (Å²) in [6.07, 6.45) is -10.8. The molecular weight excluding hydrogens is 1580 g/mol. The molecule has 6 aromatic rings. The Morgan fingerprint density at radius 2 is 0.892 bits per heavy atom. The van der Waals surface area contributed by atoms with E-state index in [0.717, 1.165) is 33.4 Å². The van der Waals surface area contributed by atoms with Crippen LogP contribution in [0.25, 0.3) is 0 Å². The van der Waals surface area contributed by atoms with E-state index in [4.69, 9.17) is 84.8 Å². The number of carbonyl (C=O) groups excluding carboxylic acids is 8. The molecule has 2 heterocycles. The Kier molecular flexibility index (Phi) is 38.5. The first-order chi connectivity index (χ1) is 57.8. The molecule has 0 radical (unpaired) electrons. The number of benzene rings is 6. The van der Waals surface area contributed by atoms with Crippen molar-refractivity contribution < 1.29 is 123 Å². The van der Waals surface area contributed by atoms with Crippen LogP contribution in [0.3, 0.4) is 0 Å².